The summed E-state index contributed by atoms with van der Waals surface area (Å²) in [6.07, 6.45) is -1.97. The number of ether oxygens (including phenoxy) is 1. The molecule has 1 aromatic carbocycles. The Morgan fingerprint density at radius 2 is 1.79 bits per heavy atom. The van der Waals surface area contributed by atoms with Gasteiger partial charge in [0.05, 0.1) is 22.0 Å². The number of halogens is 2. The van der Waals surface area contributed by atoms with Crippen LogP contribution in [0.2, 0.25) is 10.0 Å². The Labute approximate surface area is 119 Å². The summed E-state index contributed by atoms with van der Waals surface area (Å²) in [4.78, 5) is 33.6. The lowest BCUT2D eigenvalue weighted by atomic mass is 10.2. The standard InChI is InChI=1S/C12H10Cl2O5/c1-6(15)5-9(11(16)17)19-12(18)10-7(13)3-2-4-8(10)14/h2-4,9H,5H2,1H3,(H,16,17). The molecule has 0 aliphatic rings. The molecule has 0 amide bonds. The summed E-state index contributed by atoms with van der Waals surface area (Å²) in [5.74, 6) is -2.80. The van der Waals surface area contributed by atoms with Gasteiger partial charge in [-0.2, -0.15) is 0 Å². The fraction of sp³-hybridized carbons (Fsp3) is 0.250. The van der Waals surface area contributed by atoms with Crippen molar-refractivity contribution in [2.75, 3.05) is 0 Å². The fourth-order valence-corrected chi connectivity index (χ4v) is 1.87. The van der Waals surface area contributed by atoms with Gasteiger partial charge in [0.2, 0.25) is 6.10 Å². The molecule has 1 rings (SSSR count). The third-order valence-electron chi connectivity index (χ3n) is 2.16. The molecule has 0 aliphatic carbocycles. The molecule has 1 atom stereocenters. The average Bonchev–Trinajstić information content (AvgIpc) is 2.27. The highest BCUT2D eigenvalue weighted by Crippen LogP contribution is 2.25. The molecule has 0 saturated heterocycles. The first-order valence-corrected chi connectivity index (χ1v) is 5.95. The van der Waals surface area contributed by atoms with Crippen molar-refractivity contribution < 1.29 is 24.2 Å². The van der Waals surface area contributed by atoms with Crippen molar-refractivity contribution in [3.63, 3.8) is 0 Å². The van der Waals surface area contributed by atoms with E-state index in [4.69, 9.17) is 33.0 Å². The van der Waals surface area contributed by atoms with Crippen LogP contribution in [0.4, 0.5) is 0 Å². The SMILES string of the molecule is CC(=O)CC(OC(=O)c1c(Cl)cccc1Cl)C(=O)O. The number of carbonyl (C=O) groups is 3. The Bertz CT molecular complexity index is 507. The van der Waals surface area contributed by atoms with E-state index in [-0.39, 0.29) is 15.6 Å². The first kappa shape index (κ1) is 15.5. The molecule has 5 nitrogen and oxygen atoms in total. The fourth-order valence-electron chi connectivity index (χ4n) is 1.32. The third kappa shape index (κ3) is 4.22. The molecule has 0 saturated carbocycles. The minimum Gasteiger partial charge on any atom is -0.478 e. The summed E-state index contributed by atoms with van der Waals surface area (Å²) in [6.45, 7) is 1.20. The number of aliphatic carboxylic acids is 1. The molecule has 19 heavy (non-hydrogen) atoms. The summed E-state index contributed by atoms with van der Waals surface area (Å²) in [5.41, 5.74) is -0.124. The molecule has 0 heterocycles. The molecule has 0 fully saturated rings. The van der Waals surface area contributed by atoms with E-state index in [1.54, 1.807) is 0 Å². The van der Waals surface area contributed by atoms with Crippen LogP contribution in [0.1, 0.15) is 23.7 Å². The van der Waals surface area contributed by atoms with E-state index in [0.717, 1.165) is 0 Å². The van der Waals surface area contributed by atoms with Crippen molar-refractivity contribution in [1.29, 1.82) is 0 Å². The van der Waals surface area contributed by atoms with E-state index in [2.05, 4.69) is 0 Å². The largest absolute Gasteiger partial charge is 0.478 e. The zero-order valence-electron chi connectivity index (χ0n) is 9.85. The van der Waals surface area contributed by atoms with Gasteiger partial charge in [-0.1, -0.05) is 29.3 Å². The predicted molar refractivity (Wildman–Crippen MR) is 68.6 cm³/mol. The molecular weight excluding hydrogens is 295 g/mol. The number of carboxylic acids is 1. The number of carbonyl (C=O) groups excluding carboxylic acids is 2. The van der Waals surface area contributed by atoms with Crippen LogP contribution >= 0.6 is 23.2 Å². The van der Waals surface area contributed by atoms with Gasteiger partial charge in [0.15, 0.2) is 0 Å². The summed E-state index contributed by atoms with van der Waals surface area (Å²) >= 11 is 11.6. The van der Waals surface area contributed by atoms with Crippen LogP contribution in [0, 0.1) is 0 Å². The number of esters is 1. The van der Waals surface area contributed by atoms with Crippen LogP contribution in [0.15, 0.2) is 18.2 Å². The molecule has 0 spiro atoms. The van der Waals surface area contributed by atoms with Gasteiger partial charge in [-0.25, -0.2) is 9.59 Å². The van der Waals surface area contributed by atoms with E-state index in [1.165, 1.54) is 25.1 Å². The predicted octanol–water partition coefficient (Wildman–Crippen LogP) is 2.58. The second-order valence-electron chi connectivity index (χ2n) is 3.73. The first-order chi connectivity index (χ1) is 8.82. The van der Waals surface area contributed by atoms with Crippen molar-refractivity contribution in [1.82, 2.24) is 0 Å². The van der Waals surface area contributed by atoms with E-state index < -0.39 is 30.2 Å². The van der Waals surface area contributed by atoms with Crippen molar-refractivity contribution in [3.05, 3.63) is 33.8 Å². The lowest BCUT2D eigenvalue weighted by Gasteiger charge is -2.13. The maximum Gasteiger partial charge on any atom is 0.345 e. The van der Waals surface area contributed by atoms with Gasteiger partial charge < -0.3 is 9.84 Å². The Morgan fingerprint density at radius 3 is 2.21 bits per heavy atom. The summed E-state index contributed by atoms with van der Waals surface area (Å²) < 4.78 is 4.74. The maximum atomic E-state index is 11.8. The average molecular weight is 305 g/mol. The highest BCUT2D eigenvalue weighted by atomic mass is 35.5. The molecule has 102 valence electrons. The van der Waals surface area contributed by atoms with Gasteiger partial charge in [0.1, 0.15) is 5.78 Å². The number of ketones is 1. The Kier molecular flexibility index (Phi) is 5.32. The molecule has 1 unspecified atom stereocenters. The van der Waals surface area contributed by atoms with Crippen LogP contribution in [-0.2, 0) is 14.3 Å². The maximum absolute atomic E-state index is 11.8. The smallest absolute Gasteiger partial charge is 0.345 e. The number of hydrogen-bond acceptors (Lipinski definition) is 4. The molecule has 0 aromatic heterocycles. The topological polar surface area (TPSA) is 80.7 Å². The van der Waals surface area contributed by atoms with Crippen molar-refractivity contribution >= 4 is 40.9 Å². The number of hydrogen-bond donors (Lipinski definition) is 1. The molecule has 0 bridgehead atoms. The number of Topliss-reactive ketones (excluding diaryl/α,β-unsaturated/α-hetero) is 1. The van der Waals surface area contributed by atoms with E-state index >= 15 is 0 Å². The Balaban J connectivity index is 2.94. The van der Waals surface area contributed by atoms with Gasteiger partial charge in [-0.05, 0) is 19.1 Å². The Morgan fingerprint density at radius 1 is 1.26 bits per heavy atom. The quantitative estimate of drug-likeness (QED) is 0.846. The Hall–Kier alpha value is -1.59. The third-order valence-corrected chi connectivity index (χ3v) is 2.79. The number of benzene rings is 1. The van der Waals surface area contributed by atoms with Gasteiger partial charge in [-0.3, -0.25) is 4.79 Å². The molecular formula is C12H10Cl2O5. The zero-order chi connectivity index (χ0) is 14.6. The highest BCUT2D eigenvalue weighted by molar-refractivity contribution is 6.39. The van der Waals surface area contributed by atoms with Gasteiger partial charge >= 0.3 is 11.9 Å². The van der Waals surface area contributed by atoms with Crippen molar-refractivity contribution in [2.24, 2.45) is 0 Å². The minimum absolute atomic E-state index is 0.0458. The monoisotopic (exact) mass is 304 g/mol. The molecule has 0 aliphatic heterocycles. The lowest BCUT2D eigenvalue weighted by molar-refractivity contribution is -0.149. The van der Waals surface area contributed by atoms with Crippen molar-refractivity contribution in [3.8, 4) is 0 Å². The highest BCUT2D eigenvalue weighted by Gasteiger charge is 2.26. The van der Waals surface area contributed by atoms with Crippen LogP contribution in [0.3, 0.4) is 0 Å². The second kappa shape index (κ2) is 6.54. The first-order valence-electron chi connectivity index (χ1n) is 5.20. The zero-order valence-corrected chi connectivity index (χ0v) is 11.4. The number of carboxylic acid groups (broad SMARTS) is 1. The lowest BCUT2D eigenvalue weighted by Crippen LogP contribution is -2.29. The van der Waals surface area contributed by atoms with Gasteiger partial charge in [-0.15, -0.1) is 0 Å². The van der Waals surface area contributed by atoms with E-state index in [9.17, 15) is 14.4 Å². The molecule has 0 radical (unpaired) electrons. The minimum atomic E-state index is -1.56. The van der Waals surface area contributed by atoms with Crippen LogP contribution in [-0.4, -0.2) is 28.9 Å². The van der Waals surface area contributed by atoms with E-state index in [1.807, 2.05) is 0 Å². The van der Waals surface area contributed by atoms with Crippen LogP contribution in [0.5, 0.6) is 0 Å². The molecule has 1 aromatic rings. The van der Waals surface area contributed by atoms with Crippen LogP contribution < -0.4 is 0 Å². The summed E-state index contributed by atoms with van der Waals surface area (Å²) in [6, 6.07) is 4.38. The molecule has 1 N–H and O–H groups in total. The van der Waals surface area contributed by atoms with Crippen molar-refractivity contribution in [2.45, 2.75) is 19.4 Å². The van der Waals surface area contributed by atoms with Gasteiger partial charge in [0.25, 0.3) is 0 Å². The number of rotatable bonds is 5. The van der Waals surface area contributed by atoms with Crippen LogP contribution in [0.25, 0.3) is 0 Å². The van der Waals surface area contributed by atoms with E-state index in [0.29, 0.717) is 0 Å². The summed E-state index contributed by atoms with van der Waals surface area (Å²) in [5, 5.41) is 8.95. The summed E-state index contributed by atoms with van der Waals surface area (Å²) in [7, 11) is 0. The normalized spacial score (nSPS) is 11.7. The van der Waals surface area contributed by atoms with Gasteiger partial charge in [0, 0.05) is 0 Å². The second-order valence-corrected chi connectivity index (χ2v) is 4.55. The molecule has 7 heteroatoms.